The van der Waals surface area contributed by atoms with Gasteiger partial charge in [0.15, 0.2) is 11.3 Å². The summed E-state index contributed by atoms with van der Waals surface area (Å²) in [5, 5.41) is 0. The van der Waals surface area contributed by atoms with Crippen molar-refractivity contribution in [2.75, 3.05) is 45.2 Å². The Morgan fingerprint density at radius 1 is 0.967 bits per heavy atom. The highest BCUT2D eigenvalue weighted by Crippen LogP contribution is 2.18. The Hall–Kier alpha value is -3.17. The lowest BCUT2D eigenvalue weighted by Crippen LogP contribution is -2.25. The second-order valence-electron chi connectivity index (χ2n) is 7.14. The van der Waals surface area contributed by atoms with Crippen LogP contribution in [-0.2, 0) is 0 Å². The molecule has 0 atom stereocenters. The van der Waals surface area contributed by atoms with E-state index in [0.29, 0.717) is 29.3 Å². The summed E-state index contributed by atoms with van der Waals surface area (Å²) in [6.45, 7) is 8.00. The van der Waals surface area contributed by atoms with Gasteiger partial charge in [-0.25, -0.2) is 15.0 Å². The predicted octanol–water partition coefficient (Wildman–Crippen LogP) is 3.60. The van der Waals surface area contributed by atoms with Gasteiger partial charge in [0, 0.05) is 38.1 Å². The third kappa shape index (κ3) is 5.68. The van der Waals surface area contributed by atoms with E-state index >= 15 is 0 Å². The van der Waals surface area contributed by atoms with Crippen molar-refractivity contribution >= 4 is 16.9 Å². The first-order chi connectivity index (χ1) is 14.6. The van der Waals surface area contributed by atoms with Gasteiger partial charge < -0.3 is 14.5 Å². The maximum absolute atomic E-state index is 5.99. The average molecular weight is 404 g/mol. The number of nitrogens with zero attached hydrogens (tertiary/aromatic N) is 5. The smallest absolute Gasteiger partial charge is 0.249 e. The van der Waals surface area contributed by atoms with Crippen LogP contribution in [0.4, 0.5) is 5.69 Å². The van der Waals surface area contributed by atoms with Crippen molar-refractivity contribution in [2.24, 2.45) is 0 Å². The van der Waals surface area contributed by atoms with Crippen LogP contribution in [0, 0.1) is 11.8 Å². The van der Waals surface area contributed by atoms with E-state index in [0.717, 1.165) is 37.3 Å². The molecule has 0 N–H and O–H groups in total. The van der Waals surface area contributed by atoms with Gasteiger partial charge in [-0.15, -0.1) is 0 Å². The molecule has 0 fully saturated rings. The quantitative estimate of drug-likeness (QED) is 0.423. The first-order valence-electron chi connectivity index (χ1n) is 10.4. The van der Waals surface area contributed by atoms with E-state index in [-0.39, 0.29) is 0 Å². The predicted molar refractivity (Wildman–Crippen MR) is 122 cm³/mol. The summed E-state index contributed by atoms with van der Waals surface area (Å²) in [5.74, 6) is 6.77. The molecule has 0 aliphatic carbocycles. The van der Waals surface area contributed by atoms with Crippen LogP contribution in [0.2, 0.25) is 0 Å². The number of ether oxygens (including phenoxy) is 1. The molecule has 6 heteroatoms. The Morgan fingerprint density at radius 3 is 2.43 bits per heavy atom. The molecule has 0 spiro atoms. The fraction of sp³-hybridized carbons (Fsp3) is 0.375. The minimum atomic E-state index is 0.465. The van der Waals surface area contributed by atoms with E-state index in [2.05, 4.69) is 50.4 Å². The molecule has 30 heavy (non-hydrogen) atoms. The molecule has 2 aromatic heterocycles. The first kappa shape index (κ1) is 21.5. The number of hydrogen-bond acceptors (Lipinski definition) is 6. The van der Waals surface area contributed by atoms with Gasteiger partial charge >= 0.3 is 0 Å². The molecule has 0 amide bonds. The molecule has 3 aromatic rings. The van der Waals surface area contributed by atoms with Gasteiger partial charge in [0.05, 0.1) is 6.61 Å². The SMILES string of the molecule is CCN(CC)CCCOc1nc2cccnc2nc1C#Cc1ccc(N(C)C)cc1. The summed E-state index contributed by atoms with van der Waals surface area (Å²) < 4.78 is 5.99. The third-order valence-corrected chi connectivity index (χ3v) is 4.87. The molecule has 0 unspecified atom stereocenters. The second kappa shape index (κ2) is 10.6. The Kier molecular flexibility index (Phi) is 7.58. The number of pyridine rings is 1. The van der Waals surface area contributed by atoms with Crippen LogP contribution in [0.15, 0.2) is 42.6 Å². The Balaban J connectivity index is 1.81. The van der Waals surface area contributed by atoms with Gasteiger partial charge in [-0.05, 0) is 61.8 Å². The van der Waals surface area contributed by atoms with E-state index in [1.165, 1.54) is 0 Å². The molecule has 2 heterocycles. The van der Waals surface area contributed by atoms with Gasteiger partial charge in [0.2, 0.25) is 5.88 Å². The van der Waals surface area contributed by atoms with Crippen LogP contribution in [0.25, 0.3) is 11.2 Å². The average Bonchev–Trinajstić information content (AvgIpc) is 2.77. The standard InChI is InChI=1S/C24H29N5O/c1-5-29(6-2)17-8-18-30-24-22(26-23-21(27-24)9-7-16-25-23)15-12-19-10-13-20(14-11-19)28(3)4/h7,9-11,13-14,16H,5-6,8,17-18H2,1-4H3. The Labute approximate surface area is 178 Å². The molecule has 1 aromatic carbocycles. The van der Waals surface area contributed by atoms with E-state index in [1.54, 1.807) is 6.20 Å². The van der Waals surface area contributed by atoms with E-state index in [1.807, 2.05) is 50.5 Å². The van der Waals surface area contributed by atoms with Crippen molar-refractivity contribution in [1.82, 2.24) is 19.9 Å². The molecule has 156 valence electrons. The molecular formula is C24H29N5O. The van der Waals surface area contributed by atoms with Gasteiger partial charge in [-0.1, -0.05) is 19.8 Å². The topological polar surface area (TPSA) is 54.4 Å². The highest BCUT2D eigenvalue weighted by molar-refractivity contribution is 5.71. The van der Waals surface area contributed by atoms with E-state index < -0.39 is 0 Å². The maximum atomic E-state index is 5.99. The largest absolute Gasteiger partial charge is 0.476 e. The van der Waals surface area contributed by atoms with Crippen LogP contribution < -0.4 is 9.64 Å². The molecule has 6 nitrogen and oxygen atoms in total. The van der Waals surface area contributed by atoms with Crippen LogP contribution in [-0.4, -0.2) is 60.2 Å². The van der Waals surface area contributed by atoms with Crippen molar-refractivity contribution in [1.29, 1.82) is 0 Å². The number of fused-ring (bicyclic) bond motifs is 1. The maximum Gasteiger partial charge on any atom is 0.249 e. The number of aromatic nitrogens is 3. The minimum Gasteiger partial charge on any atom is -0.476 e. The lowest BCUT2D eigenvalue weighted by molar-refractivity contribution is 0.244. The molecular weight excluding hydrogens is 374 g/mol. The molecule has 3 rings (SSSR count). The van der Waals surface area contributed by atoms with Crippen molar-refractivity contribution in [3.8, 4) is 17.7 Å². The number of hydrogen-bond donors (Lipinski definition) is 0. The molecule has 0 saturated heterocycles. The van der Waals surface area contributed by atoms with Gasteiger partial charge in [0.1, 0.15) is 5.52 Å². The fourth-order valence-corrected chi connectivity index (χ4v) is 3.03. The summed E-state index contributed by atoms with van der Waals surface area (Å²) in [6, 6.07) is 11.8. The van der Waals surface area contributed by atoms with Crippen LogP contribution in [0.5, 0.6) is 5.88 Å². The van der Waals surface area contributed by atoms with Crippen molar-refractivity contribution in [3.05, 3.63) is 53.9 Å². The summed E-state index contributed by atoms with van der Waals surface area (Å²) >= 11 is 0. The number of anilines is 1. The molecule has 0 saturated carbocycles. The lowest BCUT2D eigenvalue weighted by Gasteiger charge is -2.17. The molecule has 0 radical (unpaired) electrons. The summed E-state index contributed by atoms with van der Waals surface area (Å²) in [5.41, 5.74) is 3.83. The number of rotatable bonds is 8. The fourth-order valence-electron chi connectivity index (χ4n) is 3.03. The van der Waals surface area contributed by atoms with E-state index in [9.17, 15) is 0 Å². The van der Waals surface area contributed by atoms with Crippen molar-refractivity contribution in [2.45, 2.75) is 20.3 Å². The van der Waals surface area contributed by atoms with Gasteiger partial charge in [-0.3, -0.25) is 0 Å². The normalized spacial score (nSPS) is 10.7. The monoisotopic (exact) mass is 403 g/mol. The van der Waals surface area contributed by atoms with Crippen molar-refractivity contribution in [3.63, 3.8) is 0 Å². The summed E-state index contributed by atoms with van der Waals surface area (Å²) in [4.78, 5) is 17.9. The highest BCUT2D eigenvalue weighted by Gasteiger charge is 2.10. The third-order valence-electron chi connectivity index (χ3n) is 4.87. The van der Waals surface area contributed by atoms with Crippen LogP contribution in [0.3, 0.4) is 0 Å². The van der Waals surface area contributed by atoms with Crippen LogP contribution in [0.1, 0.15) is 31.5 Å². The Bertz CT molecular complexity index is 1020. The summed E-state index contributed by atoms with van der Waals surface area (Å²) in [6.07, 6.45) is 2.63. The molecule has 0 bridgehead atoms. The summed E-state index contributed by atoms with van der Waals surface area (Å²) in [7, 11) is 4.03. The second-order valence-corrected chi connectivity index (χ2v) is 7.14. The van der Waals surface area contributed by atoms with Crippen molar-refractivity contribution < 1.29 is 4.74 Å². The zero-order valence-electron chi connectivity index (χ0n) is 18.2. The molecule has 0 aliphatic heterocycles. The number of benzene rings is 1. The lowest BCUT2D eigenvalue weighted by atomic mass is 10.2. The van der Waals surface area contributed by atoms with Gasteiger partial charge in [0.25, 0.3) is 0 Å². The minimum absolute atomic E-state index is 0.465. The zero-order chi connectivity index (χ0) is 21.3. The van der Waals surface area contributed by atoms with E-state index in [4.69, 9.17) is 4.74 Å². The highest BCUT2D eigenvalue weighted by atomic mass is 16.5. The molecule has 0 aliphatic rings. The Morgan fingerprint density at radius 2 is 1.73 bits per heavy atom. The first-order valence-corrected chi connectivity index (χ1v) is 10.4. The van der Waals surface area contributed by atoms with Crippen LogP contribution >= 0.6 is 0 Å². The van der Waals surface area contributed by atoms with Gasteiger partial charge in [-0.2, -0.15) is 0 Å². The zero-order valence-corrected chi connectivity index (χ0v) is 18.2.